The van der Waals surface area contributed by atoms with E-state index in [4.69, 9.17) is 4.74 Å². The maximum atomic E-state index is 13.3. The first-order valence-electron chi connectivity index (χ1n) is 8.81. The van der Waals surface area contributed by atoms with Crippen LogP contribution in [0.4, 0.5) is 4.39 Å². The lowest BCUT2D eigenvalue weighted by molar-refractivity contribution is -0.142. The van der Waals surface area contributed by atoms with E-state index in [1.807, 2.05) is 0 Å². The zero-order chi connectivity index (χ0) is 21.3. The predicted octanol–water partition coefficient (Wildman–Crippen LogP) is 1.88. The molecule has 0 amide bonds. The van der Waals surface area contributed by atoms with Gasteiger partial charge in [0, 0.05) is 19.7 Å². The minimum absolute atomic E-state index is 0.126. The highest BCUT2D eigenvalue weighted by Gasteiger charge is 2.23. The molecule has 0 saturated carbocycles. The number of nitrogens with zero attached hydrogens (tertiary/aromatic N) is 4. The molecular formula is C19H19FN4O4S. The first-order valence-corrected chi connectivity index (χ1v) is 9.69. The minimum atomic E-state index is -0.643. The Hall–Kier alpha value is -3.01. The standard InChI is InChI=1S/C19H19FN4O4S/c1-5-28-18(26)10(2)29-16-13-15(23(3)19(27)24(4)17(13)25)21-14(22-16)11-6-8-12(20)9-7-11/h6-10H,5H2,1-4H3/t10-/m1/s1. The number of hydrogen-bond acceptors (Lipinski definition) is 7. The highest BCUT2D eigenvalue weighted by molar-refractivity contribution is 8.00. The Morgan fingerprint density at radius 3 is 2.45 bits per heavy atom. The van der Waals surface area contributed by atoms with Crippen LogP contribution in [0.15, 0.2) is 38.9 Å². The molecule has 29 heavy (non-hydrogen) atoms. The first-order chi connectivity index (χ1) is 13.7. The number of fused-ring (bicyclic) bond motifs is 1. The molecule has 152 valence electrons. The van der Waals surface area contributed by atoms with Crippen LogP contribution in [-0.4, -0.2) is 36.9 Å². The molecule has 3 aromatic rings. The summed E-state index contributed by atoms with van der Waals surface area (Å²) in [4.78, 5) is 46.0. The van der Waals surface area contributed by atoms with Crippen LogP contribution in [0.3, 0.4) is 0 Å². The van der Waals surface area contributed by atoms with Crippen molar-refractivity contribution >= 4 is 28.8 Å². The van der Waals surface area contributed by atoms with Crippen LogP contribution in [0.2, 0.25) is 0 Å². The highest BCUT2D eigenvalue weighted by Crippen LogP contribution is 2.29. The van der Waals surface area contributed by atoms with Crippen LogP contribution < -0.4 is 11.2 Å². The molecule has 0 aliphatic carbocycles. The van der Waals surface area contributed by atoms with Gasteiger partial charge in [0.2, 0.25) is 0 Å². The second-order valence-electron chi connectivity index (χ2n) is 6.28. The van der Waals surface area contributed by atoms with Crippen molar-refractivity contribution in [2.24, 2.45) is 14.1 Å². The molecule has 0 saturated heterocycles. The average Bonchev–Trinajstić information content (AvgIpc) is 2.70. The molecule has 0 bridgehead atoms. The van der Waals surface area contributed by atoms with Gasteiger partial charge in [0.25, 0.3) is 5.56 Å². The van der Waals surface area contributed by atoms with Gasteiger partial charge in [-0.1, -0.05) is 11.8 Å². The molecule has 1 aromatic carbocycles. The van der Waals surface area contributed by atoms with Crippen LogP contribution in [-0.2, 0) is 23.6 Å². The van der Waals surface area contributed by atoms with Gasteiger partial charge in [-0.2, -0.15) is 0 Å². The highest BCUT2D eigenvalue weighted by atomic mass is 32.2. The quantitative estimate of drug-likeness (QED) is 0.355. The smallest absolute Gasteiger partial charge is 0.332 e. The van der Waals surface area contributed by atoms with Crippen molar-refractivity contribution in [1.82, 2.24) is 19.1 Å². The van der Waals surface area contributed by atoms with Crippen molar-refractivity contribution in [3.8, 4) is 11.4 Å². The van der Waals surface area contributed by atoms with Gasteiger partial charge < -0.3 is 4.74 Å². The zero-order valence-corrected chi connectivity index (χ0v) is 17.1. The number of carbonyl (C=O) groups is 1. The number of halogens is 1. The number of aromatic nitrogens is 4. The van der Waals surface area contributed by atoms with Crippen molar-refractivity contribution in [2.45, 2.75) is 24.1 Å². The number of thioether (sulfide) groups is 1. The van der Waals surface area contributed by atoms with E-state index in [2.05, 4.69) is 9.97 Å². The number of rotatable bonds is 5. The van der Waals surface area contributed by atoms with Gasteiger partial charge in [-0.25, -0.2) is 19.2 Å². The van der Waals surface area contributed by atoms with Crippen molar-refractivity contribution in [3.63, 3.8) is 0 Å². The minimum Gasteiger partial charge on any atom is -0.465 e. The van der Waals surface area contributed by atoms with Gasteiger partial charge in [0.05, 0.1) is 6.61 Å². The van der Waals surface area contributed by atoms with E-state index in [0.717, 1.165) is 16.3 Å². The summed E-state index contributed by atoms with van der Waals surface area (Å²) in [7, 11) is 2.86. The Kier molecular flexibility index (Phi) is 5.83. The van der Waals surface area contributed by atoms with E-state index in [9.17, 15) is 18.8 Å². The van der Waals surface area contributed by atoms with E-state index in [1.165, 1.54) is 42.9 Å². The van der Waals surface area contributed by atoms with Crippen molar-refractivity contribution in [2.75, 3.05) is 6.61 Å². The first kappa shape index (κ1) is 20.7. The van der Waals surface area contributed by atoms with Crippen molar-refractivity contribution < 1.29 is 13.9 Å². The van der Waals surface area contributed by atoms with Gasteiger partial charge in [0.1, 0.15) is 21.5 Å². The Morgan fingerprint density at radius 1 is 1.17 bits per heavy atom. The summed E-state index contributed by atoms with van der Waals surface area (Å²) in [5.74, 6) is -0.658. The third kappa shape index (κ3) is 3.93. The van der Waals surface area contributed by atoms with Crippen LogP contribution in [0, 0.1) is 5.82 Å². The molecule has 2 aromatic heterocycles. The molecule has 0 fully saturated rings. The summed E-state index contributed by atoms with van der Waals surface area (Å²) in [6.45, 7) is 3.57. The molecule has 0 unspecified atom stereocenters. The molecule has 8 nitrogen and oxygen atoms in total. The molecule has 0 spiro atoms. The maximum absolute atomic E-state index is 13.3. The number of carbonyl (C=O) groups excluding carboxylic acids is 1. The van der Waals surface area contributed by atoms with E-state index in [-0.39, 0.29) is 28.5 Å². The summed E-state index contributed by atoms with van der Waals surface area (Å²) >= 11 is 1.04. The fourth-order valence-electron chi connectivity index (χ4n) is 2.72. The van der Waals surface area contributed by atoms with Crippen LogP contribution in [0.25, 0.3) is 22.4 Å². The molecule has 0 aliphatic heterocycles. The molecule has 0 radical (unpaired) electrons. The monoisotopic (exact) mass is 418 g/mol. The fraction of sp³-hybridized carbons (Fsp3) is 0.316. The molecule has 0 N–H and O–H groups in total. The van der Waals surface area contributed by atoms with Gasteiger partial charge >= 0.3 is 11.7 Å². The van der Waals surface area contributed by atoms with E-state index in [1.54, 1.807) is 13.8 Å². The number of ether oxygens (including phenoxy) is 1. The summed E-state index contributed by atoms with van der Waals surface area (Å²) in [5, 5.41) is -0.274. The van der Waals surface area contributed by atoms with Gasteiger partial charge in [-0.15, -0.1) is 0 Å². The van der Waals surface area contributed by atoms with Crippen molar-refractivity contribution in [1.29, 1.82) is 0 Å². The summed E-state index contributed by atoms with van der Waals surface area (Å²) in [6.07, 6.45) is 0. The van der Waals surface area contributed by atoms with E-state index < -0.39 is 28.3 Å². The Morgan fingerprint density at radius 2 is 1.83 bits per heavy atom. The average molecular weight is 418 g/mol. The number of esters is 1. The Balaban J connectivity index is 2.28. The largest absolute Gasteiger partial charge is 0.465 e. The van der Waals surface area contributed by atoms with Gasteiger partial charge in [-0.05, 0) is 38.1 Å². The normalized spacial score (nSPS) is 12.2. The second-order valence-corrected chi connectivity index (χ2v) is 7.61. The van der Waals surface area contributed by atoms with Gasteiger partial charge in [0.15, 0.2) is 11.5 Å². The fourth-order valence-corrected chi connectivity index (χ4v) is 3.65. The Bertz CT molecular complexity index is 1200. The number of benzene rings is 1. The third-order valence-electron chi connectivity index (χ3n) is 4.28. The van der Waals surface area contributed by atoms with Gasteiger partial charge in [-0.3, -0.25) is 18.7 Å². The maximum Gasteiger partial charge on any atom is 0.332 e. The molecule has 2 heterocycles. The third-order valence-corrected chi connectivity index (χ3v) is 5.34. The van der Waals surface area contributed by atoms with Crippen LogP contribution in [0.1, 0.15) is 13.8 Å². The lowest BCUT2D eigenvalue weighted by atomic mass is 10.2. The number of hydrogen-bond donors (Lipinski definition) is 0. The van der Waals surface area contributed by atoms with E-state index in [0.29, 0.717) is 5.56 Å². The zero-order valence-electron chi connectivity index (χ0n) is 16.3. The molecule has 0 aliphatic rings. The summed E-state index contributed by atoms with van der Waals surface area (Å²) in [6, 6.07) is 5.53. The van der Waals surface area contributed by atoms with E-state index >= 15 is 0 Å². The molecule has 10 heteroatoms. The Labute approximate surface area is 169 Å². The summed E-state index contributed by atoms with van der Waals surface area (Å²) < 4.78 is 20.5. The lowest BCUT2D eigenvalue weighted by Gasteiger charge is -2.14. The summed E-state index contributed by atoms with van der Waals surface area (Å²) in [5.41, 5.74) is -0.467. The second kappa shape index (κ2) is 8.16. The van der Waals surface area contributed by atoms with Crippen LogP contribution in [0.5, 0.6) is 0 Å². The molecular weight excluding hydrogens is 399 g/mol. The van der Waals surface area contributed by atoms with Crippen LogP contribution >= 0.6 is 11.8 Å². The molecule has 3 rings (SSSR count). The SMILES string of the molecule is CCOC(=O)[C@@H](C)Sc1nc(-c2ccc(F)cc2)nc2c1c(=O)n(C)c(=O)n2C. The lowest BCUT2D eigenvalue weighted by Crippen LogP contribution is -2.37. The number of aryl methyl sites for hydroxylation is 1. The topological polar surface area (TPSA) is 96.1 Å². The van der Waals surface area contributed by atoms with Crippen molar-refractivity contribution in [3.05, 3.63) is 50.9 Å². The molecule has 1 atom stereocenters. The predicted molar refractivity (Wildman–Crippen MR) is 107 cm³/mol.